The molecule has 1 aromatic carbocycles. The molecule has 0 radical (unpaired) electrons. The number of rotatable bonds is 6. The van der Waals surface area contributed by atoms with Gasteiger partial charge in [-0.2, -0.15) is 0 Å². The number of piperidine rings is 3. The van der Waals surface area contributed by atoms with Gasteiger partial charge in [0.25, 0.3) is 5.56 Å². The summed E-state index contributed by atoms with van der Waals surface area (Å²) >= 11 is 0. The van der Waals surface area contributed by atoms with Crippen LogP contribution in [0.15, 0.2) is 41.6 Å². The maximum absolute atomic E-state index is 12.8. The van der Waals surface area contributed by atoms with Crippen LogP contribution in [0.4, 0.5) is 4.79 Å². The topological polar surface area (TPSA) is 89.4 Å². The number of nitrogens with zero attached hydrogens (tertiary/aromatic N) is 5. The third-order valence-corrected chi connectivity index (χ3v) is 10.7. The number of benzene rings is 1. The lowest BCUT2D eigenvalue weighted by atomic mass is 9.71. The van der Waals surface area contributed by atoms with Crippen molar-refractivity contribution in [3.8, 4) is 22.6 Å². The number of ether oxygens (including phenoxy) is 3. The monoisotopic (exact) mass is 645 g/mol. The SMILES string of the molecule is COc1cc(-c2cn(C)c(=O)c3cnccc23)cc(OC)c1CN1CCC2(CC1)CCN(C1CCN(C(=O)OC(C)(C)C)CC1)CC2. The minimum atomic E-state index is -0.451. The molecule has 6 rings (SSSR count). The molecule has 3 saturated heterocycles. The molecule has 1 amide bonds. The number of carbonyl (C=O) groups is 1. The van der Waals surface area contributed by atoms with Crippen molar-refractivity contribution in [2.45, 2.75) is 77.5 Å². The van der Waals surface area contributed by atoms with Crippen molar-refractivity contribution in [1.29, 1.82) is 0 Å². The first-order chi connectivity index (χ1) is 22.5. The maximum Gasteiger partial charge on any atom is 0.410 e. The minimum Gasteiger partial charge on any atom is -0.496 e. The van der Waals surface area contributed by atoms with E-state index in [1.165, 1.54) is 25.7 Å². The molecule has 1 spiro atoms. The second-order valence-electron chi connectivity index (χ2n) is 14.8. The molecule has 10 heteroatoms. The molecule has 0 unspecified atom stereocenters. The highest BCUT2D eigenvalue weighted by Gasteiger charge is 2.40. The molecule has 3 fully saturated rings. The number of amides is 1. The molecule has 0 bridgehead atoms. The third-order valence-electron chi connectivity index (χ3n) is 10.7. The van der Waals surface area contributed by atoms with E-state index >= 15 is 0 Å². The second kappa shape index (κ2) is 13.5. The summed E-state index contributed by atoms with van der Waals surface area (Å²) in [4.78, 5) is 36.5. The van der Waals surface area contributed by atoms with Gasteiger partial charge >= 0.3 is 6.09 Å². The first-order valence-corrected chi connectivity index (χ1v) is 17.1. The van der Waals surface area contributed by atoms with Crippen LogP contribution in [0.5, 0.6) is 11.5 Å². The number of methoxy groups -OCH3 is 2. The molecular formula is C37H51N5O5. The number of aryl methyl sites for hydroxylation is 1. The quantitative estimate of drug-likeness (QED) is 0.338. The van der Waals surface area contributed by atoms with E-state index in [-0.39, 0.29) is 11.7 Å². The van der Waals surface area contributed by atoms with Crippen molar-refractivity contribution in [2.75, 3.05) is 53.5 Å². The summed E-state index contributed by atoms with van der Waals surface area (Å²) in [6.07, 6.45) is 12.0. The standard InChI is InChI=1S/C37H51N5O5/c1-36(2,3)47-35(44)42-15-8-27(9-16-42)41-19-12-37(13-20-41)10-17-40(18-11-37)25-31-32(45-5)21-26(22-33(31)46-6)30-24-39(4)34(43)29-23-38-14-7-28(29)30/h7,14,21-24,27H,8-13,15-20,25H2,1-6H3. The van der Waals surface area contributed by atoms with Crippen LogP contribution in [0.3, 0.4) is 0 Å². The summed E-state index contributed by atoms with van der Waals surface area (Å²) in [7, 11) is 5.20. The van der Waals surface area contributed by atoms with Gasteiger partial charge in [0.2, 0.25) is 0 Å². The van der Waals surface area contributed by atoms with Gasteiger partial charge < -0.3 is 28.6 Å². The molecule has 3 aromatic rings. The average Bonchev–Trinajstić information content (AvgIpc) is 3.07. The van der Waals surface area contributed by atoms with E-state index < -0.39 is 5.60 Å². The Balaban J connectivity index is 1.07. The minimum absolute atomic E-state index is 0.0680. The van der Waals surface area contributed by atoms with Crippen LogP contribution < -0.4 is 15.0 Å². The number of aromatic nitrogens is 2. The van der Waals surface area contributed by atoms with Crippen molar-refractivity contribution in [3.63, 3.8) is 0 Å². The van der Waals surface area contributed by atoms with Crippen LogP contribution in [0.2, 0.25) is 0 Å². The highest BCUT2D eigenvalue weighted by molar-refractivity contribution is 5.95. The van der Waals surface area contributed by atoms with Crippen LogP contribution >= 0.6 is 0 Å². The molecule has 0 aliphatic carbocycles. The zero-order valence-electron chi connectivity index (χ0n) is 29.0. The van der Waals surface area contributed by atoms with Crippen molar-refractivity contribution >= 4 is 16.9 Å². The molecule has 0 saturated carbocycles. The zero-order valence-corrected chi connectivity index (χ0v) is 29.0. The lowest BCUT2D eigenvalue weighted by Crippen LogP contribution is -2.52. The van der Waals surface area contributed by atoms with Gasteiger partial charge in [0.1, 0.15) is 17.1 Å². The smallest absolute Gasteiger partial charge is 0.410 e. The molecular weight excluding hydrogens is 594 g/mol. The van der Waals surface area contributed by atoms with Crippen molar-refractivity contribution in [3.05, 3.63) is 52.7 Å². The van der Waals surface area contributed by atoms with Crippen molar-refractivity contribution in [1.82, 2.24) is 24.3 Å². The summed E-state index contributed by atoms with van der Waals surface area (Å²) in [5.41, 5.74) is 2.83. The predicted octanol–water partition coefficient (Wildman–Crippen LogP) is 5.70. The van der Waals surface area contributed by atoms with E-state index in [4.69, 9.17) is 14.2 Å². The number of carbonyl (C=O) groups excluding carboxylic acids is 1. The van der Waals surface area contributed by atoms with Gasteiger partial charge in [0.05, 0.1) is 25.2 Å². The fourth-order valence-electron chi connectivity index (χ4n) is 7.85. The van der Waals surface area contributed by atoms with Crippen LogP contribution in [0.1, 0.15) is 64.9 Å². The normalized spacial score (nSPS) is 19.7. The van der Waals surface area contributed by atoms with Crippen molar-refractivity contribution in [2.24, 2.45) is 12.5 Å². The Bertz CT molecular complexity index is 1610. The first-order valence-electron chi connectivity index (χ1n) is 17.1. The summed E-state index contributed by atoms with van der Waals surface area (Å²) < 4.78 is 19.1. The lowest BCUT2D eigenvalue weighted by Gasteiger charge is -2.49. The Morgan fingerprint density at radius 2 is 1.55 bits per heavy atom. The van der Waals surface area contributed by atoms with Crippen LogP contribution in [-0.2, 0) is 18.3 Å². The summed E-state index contributed by atoms with van der Waals surface area (Å²) in [6, 6.07) is 6.58. The van der Waals surface area contributed by atoms with E-state index in [1.54, 1.807) is 38.2 Å². The number of hydrogen-bond acceptors (Lipinski definition) is 8. The predicted molar refractivity (Wildman–Crippen MR) is 184 cm³/mol. The Morgan fingerprint density at radius 1 is 0.936 bits per heavy atom. The number of fused-ring (bicyclic) bond motifs is 1. The largest absolute Gasteiger partial charge is 0.496 e. The highest BCUT2D eigenvalue weighted by atomic mass is 16.6. The van der Waals surface area contributed by atoms with E-state index in [2.05, 4.69) is 26.9 Å². The average molecular weight is 646 g/mol. The van der Waals surface area contributed by atoms with Gasteiger partial charge in [-0.05, 0) is 120 Å². The number of pyridine rings is 2. The molecule has 0 N–H and O–H groups in total. The molecule has 0 atom stereocenters. The molecule has 10 nitrogen and oxygen atoms in total. The van der Waals surface area contributed by atoms with Crippen LogP contribution in [0.25, 0.3) is 21.9 Å². The summed E-state index contributed by atoms with van der Waals surface area (Å²) in [5, 5.41) is 1.45. The number of likely N-dealkylation sites (tertiary alicyclic amines) is 3. The van der Waals surface area contributed by atoms with E-state index in [9.17, 15) is 9.59 Å². The zero-order chi connectivity index (χ0) is 33.3. The summed E-state index contributed by atoms with van der Waals surface area (Å²) in [6.45, 7) is 12.5. The molecule has 2 aromatic heterocycles. The Kier molecular flexibility index (Phi) is 9.54. The molecule has 254 valence electrons. The molecule has 47 heavy (non-hydrogen) atoms. The molecule has 3 aliphatic heterocycles. The van der Waals surface area contributed by atoms with E-state index in [1.807, 2.05) is 37.9 Å². The van der Waals surface area contributed by atoms with Gasteiger partial charge in [-0.1, -0.05) is 0 Å². The van der Waals surface area contributed by atoms with E-state index in [0.717, 1.165) is 92.2 Å². The lowest BCUT2D eigenvalue weighted by molar-refractivity contribution is -0.00475. The Labute approximate surface area is 278 Å². The van der Waals surface area contributed by atoms with Gasteiger partial charge in [-0.3, -0.25) is 14.7 Å². The number of hydrogen-bond donors (Lipinski definition) is 0. The Hall–Kier alpha value is -3.63. The Morgan fingerprint density at radius 3 is 2.15 bits per heavy atom. The van der Waals surface area contributed by atoms with Gasteiger partial charge in [0.15, 0.2) is 0 Å². The van der Waals surface area contributed by atoms with E-state index in [0.29, 0.717) is 16.8 Å². The van der Waals surface area contributed by atoms with Gasteiger partial charge in [-0.15, -0.1) is 0 Å². The van der Waals surface area contributed by atoms with Gasteiger partial charge in [-0.25, -0.2) is 4.79 Å². The van der Waals surface area contributed by atoms with Crippen LogP contribution in [-0.4, -0.2) is 95.5 Å². The molecule has 3 aliphatic rings. The van der Waals surface area contributed by atoms with Crippen LogP contribution in [0, 0.1) is 5.41 Å². The summed E-state index contributed by atoms with van der Waals surface area (Å²) in [5.74, 6) is 1.59. The van der Waals surface area contributed by atoms with Crippen molar-refractivity contribution < 1.29 is 19.0 Å². The van der Waals surface area contributed by atoms with Gasteiger partial charge in [0, 0.05) is 56.9 Å². The first kappa shape index (κ1) is 33.3. The fraction of sp³-hybridized carbons (Fsp3) is 0.595. The maximum atomic E-state index is 12.8. The third kappa shape index (κ3) is 7.14. The second-order valence-corrected chi connectivity index (χ2v) is 14.8. The highest BCUT2D eigenvalue weighted by Crippen LogP contribution is 2.44. The molecule has 5 heterocycles. The fourth-order valence-corrected chi connectivity index (χ4v) is 7.85.